The number of carbonyl (C=O) groups is 3. The fraction of sp³-hybridized carbons (Fsp3) is 0.700. The number of carbonyl (C=O) groups excluding carboxylic acids is 3. The van der Waals surface area contributed by atoms with Gasteiger partial charge in [0.15, 0.2) is 0 Å². The number of hydrogen-bond donors (Lipinski definition) is 2. The average molecular weight is 240 g/mol. The number of hydrogen-bond acceptors (Lipinski definition) is 3. The molecule has 2 saturated heterocycles. The molecule has 2 aliphatic rings. The van der Waals surface area contributed by atoms with Crippen molar-refractivity contribution in [2.75, 3.05) is 26.2 Å². The third kappa shape index (κ3) is 1.81. The van der Waals surface area contributed by atoms with Crippen LogP contribution in [0.3, 0.4) is 0 Å². The van der Waals surface area contributed by atoms with Gasteiger partial charge in [-0.1, -0.05) is 0 Å². The van der Waals surface area contributed by atoms with Gasteiger partial charge in [-0.25, -0.2) is 9.59 Å². The molecule has 2 heterocycles. The Balaban J connectivity index is 2.25. The van der Waals surface area contributed by atoms with E-state index in [1.165, 1.54) is 9.80 Å². The van der Waals surface area contributed by atoms with E-state index in [2.05, 4.69) is 0 Å². The van der Waals surface area contributed by atoms with E-state index in [9.17, 15) is 14.4 Å². The third-order valence-electron chi connectivity index (χ3n) is 3.55. The molecule has 0 spiro atoms. The number of piperidine rings is 2. The normalized spacial score (nSPS) is 32.5. The Hall–Kier alpha value is -1.79. The second kappa shape index (κ2) is 3.61. The van der Waals surface area contributed by atoms with Gasteiger partial charge in [0.2, 0.25) is 0 Å². The van der Waals surface area contributed by atoms with Gasteiger partial charge >= 0.3 is 12.1 Å². The molecule has 7 heteroatoms. The number of primary amides is 2. The minimum absolute atomic E-state index is 0.0903. The topological polar surface area (TPSA) is 110 Å². The lowest BCUT2D eigenvalue weighted by Gasteiger charge is -2.49. The van der Waals surface area contributed by atoms with Gasteiger partial charge in [-0.3, -0.25) is 4.79 Å². The predicted octanol–water partition coefficient (Wildman–Crippen LogP) is -1.03. The fourth-order valence-electron chi connectivity index (χ4n) is 2.76. The summed E-state index contributed by atoms with van der Waals surface area (Å²) < 4.78 is 0. The SMILES string of the molecule is CC12CN(C(N)=O)CC(CN(C(N)=O)C1)C2=O. The average Bonchev–Trinajstić information content (AvgIpc) is 2.19. The molecule has 0 aromatic heterocycles. The van der Waals surface area contributed by atoms with E-state index < -0.39 is 17.5 Å². The summed E-state index contributed by atoms with van der Waals surface area (Å²) in [5.41, 5.74) is 9.73. The lowest BCUT2D eigenvalue weighted by molar-refractivity contribution is -0.142. The Bertz CT molecular complexity index is 369. The standard InChI is InChI=1S/C10H16N4O3/c1-10-4-13(8(11)16)2-6(7(10)15)3-14(5-10)9(12)17/h6H,2-5H2,1H3,(H2,11,16)(H2,12,17). The quantitative estimate of drug-likeness (QED) is 0.564. The van der Waals surface area contributed by atoms with Crippen molar-refractivity contribution >= 4 is 17.8 Å². The highest BCUT2D eigenvalue weighted by Gasteiger charge is 2.50. The number of rotatable bonds is 0. The van der Waals surface area contributed by atoms with Crippen LogP contribution in [0.1, 0.15) is 6.92 Å². The van der Waals surface area contributed by atoms with Gasteiger partial charge in [0, 0.05) is 26.2 Å². The smallest absolute Gasteiger partial charge is 0.314 e. The molecule has 0 aliphatic carbocycles. The largest absolute Gasteiger partial charge is 0.351 e. The number of urea groups is 2. The number of Topliss-reactive ketones (excluding diaryl/α,β-unsaturated/α-hetero) is 1. The molecule has 7 nitrogen and oxygen atoms in total. The first-order chi connectivity index (χ1) is 7.83. The van der Waals surface area contributed by atoms with Crippen molar-refractivity contribution in [2.45, 2.75) is 6.92 Å². The zero-order valence-corrected chi connectivity index (χ0v) is 9.68. The first-order valence-corrected chi connectivity index (χ1v) is 5.46. The summed E-state index contributed by atoms with van der Waals surface area (Å²) in [4.78, 5) is 37.4. The Morgan fingerprint density at radius 1 is 1.18 bits per heavy atom. The summed E-state index contributed by atoms with van der Waals surface area (Å²) in [5.74, 6) is -0.282. The first kappa shape index (κ1) is 11.7. The number of nitrogens with two attached hydrogens (primary N) is 2. The summed E-state index contributed by atoms with van der Waals surface area (Å²) in [6.07, 6.45) is 0. The van der Waals surface area contributed by atoms with Gasteiger partial charge in [-0.15, -0.1) is 0 Å². The molecule has 2 aliphatic heterocycles. The molecule has 4 amide bonds. The van der Waals surface area contributed by atoms with Gasteiger partial charge in [-0.05, 0) is 6.92 Å². The molecule has 0 aromatic rings. The van der Waals surface area contributed by atoms with Crippen molar-refractivity contribution in [3.63, 3.8) is 0 Å². The van der Waals surface area contributed by atoms with Crippen LogP contribution in [-0.2, 0) is 4.79 Å². The summed E-state index contributed by atoms with van der Waals surface area (Å²) in [7, 11) is 0. The minimum atomic E-state index is -0.745. The highest BCUT2D eigenvalue weighted by Crippen LogP contribution is 2.34. The van der Waals surface area contributed by atoms with Crippen molar-refractivity contribution in [2.24, 2.45) is 22.8 Å². The molecule has 2 fully saturated rings. The maximum atomic E-state index is 12.1. The molecule has 2 bridgehead atoms. The van der Waals surface area contributed by atoms with Crippen molar-refractivity contribution < 1.29 is 14.4 Å². The Labute approximate surface area is 98.7 Å². The molecule has 0 radical (unpaired) electrons. The Morgan fingerprint density at radius 2 is 1.59 bits per heavy atom. The fourth-order valence-corrected chi connectivity index (χ4v) is 2.76. The van der Waals surface area contributed by atoms with Crippen molar-refractivity contribution in [1.82, 2.24) is 9.80 Å². The van der Waals surface area contributed by atoms with E-state index >= 15 is 0 Å². The van der Waals surface area contributed by atoms with E-state index in [-0.39, 0.29) is 37.9 Å². The molecule has 4 N–H and O–H groups in total. The molecular weight excluding hydrogens is 224 g/mol. The van der Waals surface area contributed by atoms with Crippen LogP contribution in [0.2, 0.25) is 0 Å². The van der Waals surface area contributed by atoms with Gasteiger partial charge in [0.05, 0.1) is 11.3 Å². The van der Waals surface area contributed by atoms with Gasteiger partial charge < -0.3 is 21.3 Å². The second-order valence-electron chi connectivity index (χ2n) is 5.06. The molecular formula is C10H16N4O3. The molecule has 0 aromatic carbocycles. The Kier molecular flexibility index (Phi) is 2.48. The summed E-state index contributed by atoms with van der Waals surface area (Å²) in [6.45, 7) is 2.79. The zero-order valence-electron chi connectivity index (χ0n) is 9.68. The van der Waals surface area contributed by atoms with E-state index in [1.807, 2.05) is 0 Å². The zero-order chi connectivity index (χ0) is 12.8. The van der Waals surface area contributed by atoms with Crippen molar-refractivity contribution in [1.29, 1.82) is 0 Å². The number of fused-ring (bicyclic) bond motifs is 2. The molecule has 2 rings (SSSR count). The van der Waals surface area contributed by atoms with Crippen LogP contribution in [0.25, 0.3) is 0 Å². The van der Waals surface area contributed by atoms with Gasteiger partial charge in [0.1, 0.15) is 5.78 Å². The van der Waals surface area contributed by atoms with E-state index in [4.69, 9.17) is 11.5 Å². The monoisotopic (exact) mass is 240 g/mol. The van der Waals surface area contributed by atoms with Crippen LogP contribution in [0, 0.1) is 11.3 Å². The number of ketones is 1. The Morgan fingerprint density at radius 3 is 1.88 bits per heavy atom. The lowest BCUT2D eigenvalue weighted by Crippen LogP contribution is -2.66. The van der Waals surface area contributed by atoms with Crippen molar-refractivity contribution in [3.05, 3.63) is 0 Å². The lowest BCUT2D eigenvalue weighted by atomic mass is 9.72. The number of likely N-dealkylation sites (tertiary alicyclic amines) is 2. The predicted molar refractivity (Wildman–Crippen MR) is 58.9 cm³/mol. The maximum Gasteiger partial charge on any atom is 0.314 e. The maximum absolute atomic E-state index is 12.1. The molecule has 0 unspecified atom stereocenters. The minimum Gasteiger partial charge on any atom is -0.351 e. The molecule has 0 atom stereocenters. The summed E-state index contributed by atoms with van der Waals surface area (Å²) in [5, 5.41) is 0. The summed E-state index contributed by atoms with van der Waals surface area (Å²) in [6, 6.07) is -1.05. The highest BCUT2D eigenvalue weighted by molar-refractivity contribution is 5.92. The van der Waals surface area contributed by atoms with Crippen LogP contribution in [-0.4, -0.2) is 53.8 Å². The van der Waals surface area contributed by atoms with Crippen LogP contribution in [0.5, 0.6) is 0 Å². The van der Waals surface area contributed by atoms with E-state index in [0.29, 0.717) is 0 Å². The number of nitrogens with zero attached hydrogens (tertiary/aromatic N) is 2. The van der Waals surface area contributed by atoms with Crippen LogP contribution in [0.4, 0.5) is 9.59 Å². The first-order valence-electron chi connectivity index (χ1n) is 5.46. The van der Waals surface area contributed by atoms with E-state index in [0.717, 1.165) is 0 Å². The van der Waals surface area contributed by atoms with Gasteiger partial charge in [-0.2, -0.15) is 0 Å². The second-order valence-corrected chi connectivity index (χ2v) is 5.06. The third-order valence-corrected chi connectivity index (χ3v) is 3.55. The van der Waals surface area contributed by atoms with Gasteiger partial charge in [0.25, 0.3) is 0 Å². The van der Waals surface area contributed by atoms with Crippen molar-refractivity contribution in [3.8, 4) is 0 Å². The van der Waals surface area contributed by atoms with Crippen LogP contribution in [0.15, 0.2) is 0 Å². The summed E-state index contributed by atoms with van der Waals surface area (Å²) >= 11 is 0. The molecule has 0 saturated carbocycles. The molecule has 94 valence electrons. The van der Waals surface area contributed by atoms with Crippen LogP contribution < -0.4 is 11.5 Å². The van der Waals surface area contributed by atoms with Crippen LogP contribution >= 0.6 is 0 Å². The number of amides is 4. The highest BCUT2D eigenvalue weighted by atomic mass is 16.2. The molecule has 17 heavy (non-hydrogen) atoms. The van der Waals surface area contributed by atoms with E-state index in [1.54, 1.807) is 6.92 Å².